The maximum Gasteiger partial charge on any atom is 0.280 e. The molecule has 0 saturated heterocycles. The van der Waals surface area contributed by atoms with Gasteiger partial charge < -0.3 is 9.47 Å². The van der Waals surface area contributed by atoms with Gasteiger partial charge in [-0.15, -0.1) is 0 Å². The van der Waals surface area contributed by atoms with Crippen molar-refractivity contribution in [2.75, 3.05) is 7.11 Å². The van der Waals surface area contributed by atoms with Crippen molar-refractivity contribution in [2.24, 2.45) is 5.10 Å². The number of nitrogens with one attached hydrogen (secondary N) is 1. The average molecular weight is 354 g/mol. The molecule has 0 radical (unpaired) electrons. The van der Waals surface area contributed by atoms with Crippen LogP contribution in [0.25, 0.3) is 0 Å². The first-order valence-corrected chi connectivity index (χ1v) is 8.54. The van der Waals surface area contributed by atoms with Crippen LogP contribution in [-0.2, 0) is 10.2 Å². The van der Waals surface area contributed by atoms with E-state index in [0.29, 0.717) is 5.75 Å². The summed E-state index contributed by atoms with van der Waals surface area (Å²) in [7, 11) is 1.60. The topological polar surface area (TPSA) is 59.9 Å². The monoisotopic (exact) mass is 354 g/mol. The van der Waals surface area contributed by atoms with Gasteiger partial charge in [-0.2, -0.15) is 5.10 Å². The minimum Gasteiger partial charge on any atom is -0.497 e. The zero-order chi connectivity index (χ0) is 19.2. The second-order valence-electron chi connectivity index (χ2n) is 7.05. The highest BCUT2D eigenvalue weighted by atomic mass is 16.5. The lowest BCUT2D eigenvalue weighted by Crippen LogP contribution is -2.33. The summed E-state index contributed by atoms with van der Waals surface area (Å²) in [6.07, 6.45) is 0.906. The van der Waals surface area contributed by atoms with Crippen LogP contribution in [0, 0.1) is 0 Å². The molecule has 0 aliphatic heterocycles. The van der Waals surface area contributed by atoms with E-state index >= 15 is 0 Å². The molecule has 0 fully saturated rings. The number of methoxy groups -OCH3 is 1. The van der Waals surface area contributed by atoms with Crippen molar-refractivity contribution in [2.45, 2.75) is 39.2 Å². The number of carbonyl (C=O) groups is 1. The van der Waals surface area contributed by atoms with Gasteiger partial charge in [-0.25, -0.2) is 5.43 Å². The summed E-state index contributed by atoms with van der Waals surface area (Å²) >= 11 is 0. The molecule has 2 aromatic rings. The van der Waals surface area contributed by atoms with Crippen LogP contribution in [0.3, 0.4) is 0 Å². The number of hydrogen-bond acceptors (Lipinski definition) is 4. The molecule has 0 saturated carbocycles. The van der Waals surface area contributed by atoms with Crippen LogP contribution in [0.5, 0.6) is 11.5 Å². The maximum absolute atomic E-state index is 12.1. The molecule has 0 aromatic heterocycles. The van der Waals surface area contributed by atoms with Gasteiger partial charge in [0.15, 0.2) is 6.10 Å². The first kappa shape index (κ1) is 19.5. The van der Waals surface area contributed by atoms with Gasteiger partial charge in [-0.3, -0.25) is 4.79 Å². The Balaban J connectivity index is 1.90. The fraction of sp³-hybridized carbons (Fsp3) is 0.333. The van der Waals surface area contributed by atoms with E-state index in [1.54, 1.807) is 20.2 Å². The smallest absolute Gasteiger partial charge is 0.280 e. The molecule has 0 aliphatic rings. The summed E-state index contributed by atoms with van der Waals surface area (Å²) in [6.45, 7) is 8.14. The Morgan fingerprint density at radius 3 is 2.42 bits per heavy atom. The van der Waals surface area contributed by atoms with Gasteiger partial charge in [0, 0.05) is 0 Å². The highest BCUT2D eigenvalue weighted by Crippen LogP contribution is 2.24. The van der Waals surface area contributed by atoms with E-state index in [4.69, 9.17) is 9.47 Å². The fourth-order valence-corrected chi connectivity index (χ4v) is 2.27. The van der Waals surface area contributed by atoms with Crippen molar-refractivity contribution >= 4 is 12.1 Å². The molecular weight excluding hydrogens is 328 g/mol. The molecule has 5 nitrogen and oxygen atoms in total. The number of hydrogen-bond donors (Lipinski definition) is 1. The largest absolute Gasteiger partial charge is 0.497 e. The third kappa shape index (κ3) is 5.62. The van der Waals surface area contributed by atoms with Crippen LogP contribution >= 0.6 is 0 Å². The molecule has 0 aliphatic carbocycles. The number of hydrazone groups is 1. The minimum absolute atomic E-state index is 0.0797. The lowest BCUT2D eigenvalue weighted by atomic mass is 9.87. The molecule has 2 aromatic carbocycles. The first-order valence-electron chi connectivity index (χ1n) is 8.54. The summed E-state index contributed by atoms with van der Waals surface area (Å²) in [5.74, 6) is 1.07. The summed E-state index contributed by atoms with van der Waals surface area (Å²) in [6, 6.07) is 15.2. The van der Waals surface area contributed by atoms with Gasteiger partial charge in [0.05, 0.1) is 13.3 Å². The summed E-state index contributed by atoms with van der Waals surface area (Å²) in [5, 5.41) is 3.97. The summed E-state index contributed by atoms with van der Waals surface area (Å²) in [4.78, 5) is 12.1. The molecule has 5 heteroatoms. The lowest BCUT2D eigenvalue weighted by molar-refractivity contribution is -0.127. The van der Waals surface area contributed by atoms with Crippen molar-refractivity contribution in [1.82, 2.24) is 5.43 Å². The van der Waals surface area contributed by atoms with E-state index < -0.39 is 6.10 Å². The van der Waals surface area contributed by atoms with Crippen molar-refractivity contribution in [1.29, 1.82) is 0 Å². The van der Waals surface area contributed by atoms with E-state index in [-0.39, 0.29) is 11.3 Å². The van der Waals surface area contributed by atoms with Crippen LogP contribution in [0.4, 0.5) is 0 Å². The summed E-state index contributed by atoms with van der Waals surface area (Å²) in [5.41, 5.74) is 4.61. The van der Waals surface area contributed by atoms with E-state index in [1.165, 1.54) is 5.56 Å². The van der Waals surface area contributed by atoms with E-state index in [2.05, 4.69) is 31.3 Å². The van der Waals surface area contributed by atoms with E-state index in [0.717, 1.165) is 11.3 Å². The number of ether oxygens (including phenoxy) is 2. The van der Waals surface area contributed by atoms with Crippen LogP contribution in [0.15, 0.2) is 53.6 Å². The molecule has 26 heavy (non-hydrogen) atoms. The normalized spacial score (nSPS) is 12.7. The third-order valence-electron chi connectivity index (χ3n) is 3.88. The van der Waals surface area contributed by atoms with Crippen LogP contribution < -0.4 is 14.9 Å². The third-order valence-corrected chi connectivity index (χ3v) is 3.88. The van der Waals surface area contributed by atoms with Gasteiger partial charge in [0.25, 0.3) is 5.91 Å². The number of amides is 1. The zero-order valence-corrected chi connectivity index (χ0v) is 15.9. The Labute approximate surface area is 155 Å². The molecular formula is C21H26N2O3. The average Bonchev–Trinajstić information content (AvgIpc) is 2.61. The standard InChI is InChI=1S/C21H26N2O3/c1-15(26-18-11-9-17(10-12-18)21(2,3)4)20(24)23-22-14-16-7-6-8-19(13-16)25-5/h6-15H,1-5H3,(H,23,24)/b22-14+. The van der Waals surface area contributed by atoms with Crippen LogP contribution in [0.2, 0.25) is 0 Å². The van der Waals surface area contributed by atoms with Crippen LogP contribution in [-0.4, -0.2) is 25.3 Å². The summed E-state index contributed by atoms with van der Waals surface area (Å²) < 4.78 is 10.8. The second-order valence-corrected chi connectivity index (χ2v) is 7.05. The maximum atomic E-state index is 12.1. The molecule has 1 unspecified atom stereocenters. The van der Waals surface area contributed by atoms with Gasteiger partial charge in [0.2, 0.25) is 0 Å². The molecule has 138 valence electrons. The van der Waals surface area contributed by atoms with Gasteiger partial charge >= 0.3 is 0 Å². The fourth-order valence-electron chi connectivity index (χ4n) is 2.27. The highest BCUT2D eigenvalue weighted by Gasteiger charge is 2.16. The Morgan fingerprint density at radius 1 is 1.12 bits per heavy atom. The molecule has 0 bridgehead atoms. The number of rotatable bonds is 6. The SMILES string of the molecule is COc1cccc(/C=N/NC(=O)C(C)Oc2ccc(C(C)(C)C)cc2)c1. The van der Waals surface area contributed by atoms with E-state index in [1.807, 2.05) is 48.5 Å². The van der Waals surface area contributed by atoms with Crippen molar-refractivity contribution in [3.8, 4) is 11.5 Å². The lowest BCUT2D eigenvalue weighted by Gasteiger charge is -2.19. The molecule has 0 spiro atoms. The highest BCUT2D eigenvalue weighted by molar-refractivity contribution is 5.84. The Morgan fingerprint density at radius 2 is 1.81 bits per heavy atom. The predicted molar refractivity (Wildman–Crippen MR) is 104 cm³/mol. The molecule has 0 heterocycles. The minimum atomic E-state index is -0.655. The van der Waals surface area contributed by atoms with Crippen molar-refractivity contribution in [3.05, 3.63) is 59.7 Å². The first-order chi connectivity index (χ1) is 12.3. The second kappa shape index (κ2) is 8.52. The Hall–Kier alpha value is -2.82. The van der Waals surface area contributed by atoms with Gasteiger partial charge in [0.1, 0.15) is 11.5 Å². The molecule has 1 amide bonds. The number of benzene rings is 2. The van der Waals surface area contributed by atoms with Crippen LogP contribution in [0.1, 0.15) is 38.8 Å². The predicted octanol–water partition coefficient (Wildman–Crippen LogP) is 3.91. The van der Waals surface area contributed by atoms with Gasteiger partial charge in [-0.05, 0) is 47.7 Å². The zero-order valence-electron chi connectivity index (χ0n) is 15.9. The van der Waals surface area contributed by atoms with Gasteiger partial charge in [-0.1, -0.05) is 45.0 Å². The molecule has 1 N–H and O–H groups in total. The van der Waals surface area contributed by atoms with E-state index in [9.17, 15) is 4.79 Å². The molecule has 1 atom stereocenters. The molecule has 2 rings (SSSR count). The van der Waals surface area contributed by atoms with Crippen molar-refractivity contribution < 1.29 is 14.3 Å². The quantitative estimate of drug-likeness (QED) is 0.632. The Bertz CT molecular complexity index is 762. The van der Waals surface area contributed by atoms with Crippen molar-refractivity contribution in [3.63, 3.8) is 0 Å². The number of carbonyl (C=O) groups excluding carboxylic acids is 1. The number of nitrogens with zero attached hydrogens (tertiary/aromatic N) is 1. The Kier molecular flexibility index (Phi) is 6.39.